The maximum Gasteiger partial charge on any atom is 0.230 e. The van der Waals surface area contributed by atoms with Gasteiger partial charge in [0, 0.05) is 29.7 Å². The number of amides is 1. The van der Waals surface area contributed by atoms with Crippen LogP contribution in [0.3, 0.4) is 0 Å². The molecule has 0 spiro atoms. The largest absolute Gasteiger partial charge is 0.366 e. The minimum atomic E-state index is 0.0460. The summed E-state index contributed by atoms with van der Waals surface area (Å²) >= 11 is 11.4. The molecule has 9 heteroatoms. The fourth-order valence-electron chi connectivity index (χ4n) is 3.22. The first-order chi connectivity index (χ1) is 15.5. The van der Waals surface area contributed by atoms with E-state index in [2.05, 4.69) is 43.8 Å². The fraction of sp³-hybridized carbons (Fsp3) is 0.174. The molecule has 0 radical (unpaired) electrons. The monoisotopic (exact) mass is 529 g/mol. The lowest BCUT2D eigenvalue weighted by Gasteiger charge is -2.12. The van der Waals surface area contributed by atoms with Gasteiger partial charge in [0.05, 0.1) is 22.1 Å². The van der Waals surface area contributed by atoms with E-state index in [1.807, 2.05) is 48.7 Å². The summed E-state index contributed by atoms with van der Waals surface area (Å²) in [7, 11) is 0. The van der Waals surface area contributed by atoms with E-state index < -0.39 is 0 Å². The van der Waals surface area contributed by atoms with Crippen LogP contribution >= 0.6 is 39.3 Å². The van der Waals surface area contributed by atoms with Gasteiger partial charge in [0.25, 0.3) is 0 Å². The molecule has 2 aromatic carbocycles. The molecule has 2 aromatic heterocycles. The van der Waals surface area contributed by atoms with Crippen LogP contribution in [0.5, 0.6) is 0 Å². The number of carbonyl (C=O) groups excluding carboxylic acids is 1. The zero-order chi connectivity index (χ0) is 22.5. The summed E-state index contributed by atoms with van der Waals surface area (Å²) in [5, 5.41) is 11.4. The van der Waals surface area contributed by atoms with Crippen LogP contribution in [-0.4, -0.2) is 32.5 Å². The Hall–Kier alpha value is -2.55. The average Bonchev–Trinajstić information content (AvgIpc) is 3.18. The topological polar surface area (TPSA) is 71.3 Å². The molecule has 6 nitrogen and oxygen atoms in total. The lowest BCUT2D eigenvalue weighted by molar-refractivity contribution is -0.118. The van der Waals surface area contributed by atoms with Gasteiger partial charge in [0.15, 0.2) is 5.65 Å². The van der Waals surface area contributed by atoms with E-state index in [9.17, 15) is 4.79 Å². The Morgan fingerprint density at radius 2 is 1.84 bits per heavy atom. The van der Waals surface area contributed by atoms with Gasteiger partial charge in [-0.05, 0) is 39.4 Å². The molecule has 0 aliphatic carbocycles. The predicted molar refractivity (Wildman–Crippen MR) is 135 cm³/mol. The maximum atomic E-state index is 11.6. The third-order valence-electron chi connectivity index (χ3n) is 4.84. The molecular formula is C23H21BrClN5OS. The number of aromatic nitrogens is 3. The Morgan fingerprint density at radius 3 is 2.56 bits per heavy atom. The van der Waals surface area contributed by atoms with Gasteiger partial charge in [-0.15, -0.1) is 0 Å². The van der Waals surface area contributed by atoms with Crippen LogP contribution in [0.2, 0.25) is 5.02 Å². The summed E-state index contributed by atoms with van der Waals surface area (Å²) in [6.07, 6.45) is 3.64. The zero-order valence-electron chi connectivity index (χ0n) is 17.3. The van der Waals surface area contributed by atoms with Gasteiger partial charge in [0.2, 0.25) is 5.91 Å². The summed E-state index contributed by atoms with van der Waals surface area (Å²) in [5.41, 5.74) is 4.51. The number of hydrogen-bond donors (Lipinski definition) is 2. The summed E-state index contributed by atoms with van der Waals surface area (Å²) in [6.45, 7) is 1.14. The highest BCUT2D eigenvalue weighted by atomic mass is 79.9. The molecule has 32 heavy (non-hydrogen) atoms. The summed E-state index contributed by atoms with van der Waals surface area (Å²) < 4.78 is 2.57. The Labute approximate surface area is 203 Å². The molecule has 164 valence electrons. The quantitative estimate of drug-likeness (QED) is 0.319. The number of nitrogens with zero attached hydrogens (tertiary/aromatic N) is 3. The molecule has 0 aliphatic rings. The SMILES string of the molecule is CSCC(=O)NCc1ccc(CNc2cc(-c3ccccc3Cl)nc3c(Br)cnn23)cc1. The second-order valence-corrected chi connectivity index (χ2v) is 9.24. The first-order valence-electron chi connectivity index (χ1n) is 9.91. The van der Waals surface area contributed by atoms with Gasteiger partial charge in [-0.1, -0.05) is 54.1 Å². The van der Waals surface area contributed by atoms with Gasteiger partial charge >= 0.3 is 0 Å². The Morgan fingerprint density at radius 1 is 1.12 bits per heavy atom. The van der Waals surface area contributed by atoms with Crippen molar-refractivity contribution in [3.63, 3.8) is 0 Å². The lowest BCUT2D eigenvalue weighted by Crippen LogP contribution is -2.24. The minimum absolute atomic E-state index is 0.0460. The number of hydrogen-bond acceptors (Lipinski definition) is 5. The number of halogens is 2. The number of fused-ring (bicyclic) bond motifs is 1. The maximum absolute atomic E-state index is 11.6. The van der Waals surface area contributed by atoms with Crippen LogP contribution in [0.25, 0.3) is 16.9 Å². The van der Waals surface area contributed by atoms with E-state index >= 15 is 0 Å². The lowest BCUT2D eigenvalue weighted by atomic mass is 10.1. The molecule has 4 aromatic rings. The van der Waals surface area contributed by atoms with Crippen LogP contribution in [0.1, 0.15) is 11.1 Å². The predicted octanol–water partition coefficient (Wildman–Crippen LogP) is 5.40. The van der Waals surface area contributed by atoms with Gasteiger partial charge in [0.1, 0.15) is 5.82 Å². The first-order valence-corrected chi connectivity index (χ1v) is 12.5. The van der Waals surface area contributed by atoms with Gasteiger partial charge in [-0.3, -0.25) is 4.79 Å². The molecule has 0 bridgehead atoms. The Balaban J connectivity index is 1.52. The highest BCUT2D eigenvalue weighted by Crippen LogP contribution is 2.30. The van der Waals surface area contributed by atoms with Crippen molar-refractivity contribution in [3.8, 4) is 11.3 Å². The van der Waals surface area contributed by atoms with Crippen molar-refractivity contribution in [1.82, 2.24) is 19.9 Å². The third kappa shape index (κ3) is 5.26. The second-order valence-electron chi connectivity index (χ2n) is 7.11. The van der Waals surface area contributed by atoms with E-state index in [0.717, 1.165) is 32.7 Å². The molecule has 0 fully saturated rings. The molecule has 0 aliphatic heterocycles. The second kappa shape index (κ2) is 10.4. The van der Waals surface area contributed by atoms with Crippen LogP contribution in [0.4, 0.5) is 5.82 Å². The van der Waals surface area contributed by atoms with Crippen LogP contribution in [0.15, 0.2) is 65.3 Å². The molecule has 0 unspecified atom stereocenters. The Bertz CT molecular complexity index is 1250. The molecule has 2 heterocycles. The molecule has 2 N–H and O–H groups in total. The number of anilines is 1. The fourth-order valence-corrected chi connectivity index (χ4v) is 4.16. The first kappa shape index (κ1) is 22.6. The van der Waals surface area contributed by atoms with E-state index in [0.29, 0.717) is 29.5 Å². The molecule has 4 rings (SSSR count). The van der Waals surface area contributed by atoms with E-state index in [4.69, 9.17) is 16.6 Å². The van der Waals surface area contributed by atoms with Crippen LogP contribution < -0.4 is 10.6 Å². The van der Waals surface area contributed by atoms with Gasteiger partial charge in [-0.2, -0.15) is 21.4 Å². The smallest absolute Gasteiger partial charge is 0.230 e. The standard InChI is InChI=1S/C23H21BrClN5OS/c1-32-14-22(31)27-12-16-8-6-15(7-9-16)11-26-21-10-20(17-4-2-3-5-19(17)25)29-23-18(24)13-28-30(21)23/h2-10,13,26H,11-12,14H2,1H3,(H,27,31). The van der Waals surface area contributed by atoms with E-state index in [-0.39, 0.29) is 5.91 Å². The Kier molecular flexibility index (Phi) is 7.34. The van der Waals surface area contributed by atoms with Gasteiger partial charge < -0.3 is 10.6 Å². The van der Waals surface area contributed by atoms with Crippen molar-refractivity contribution in [1.29, 1.82) is 0 Å². The summed E-state index contributed by atoms with van der Waals surface area (Å²) in [4.78, 5) is 16.4. The summed E-state index contributed by atoms with van der Waals surface area (Å²) in [5.74, 6) is 1.33. The summed E-state index contributed by atoms with van der Waals surface area (Å²) in [6, 6.07) is 17.7. The van der Waals surface area contributed by atoms with E-state index in [1.54, 1.807) is 10.7 Å². The van der Waals surface area contributed by atoms with Gasteiger partial charge in [-0.25, -0.2) is 4.98 Å². The normalized spacial score (nSPS) is 11.0. The molecule has 0 atom stereocenters. The van der Waals surface area contributed by atoms with Crippen molar-refractivity contribution in [2.45, 2.75) is 13.1 Å². The minimum Gasteiger partial charge on any atom is -0.366 e. The van der Waals surface area contributed by atoms with Crippen molar-refractivity contribution in [2.75, 3.05) is 17.3 Å². The van der Waals surface area contributed by atoms with Crippen molar-refractivity contribution < 1.29 is 4.79 Å². The van der Waals surface area contributed by atoms with Crippen molar-refractivity contribution in [3.05, 3.63) is 81.4 Å². The highest BCUT2D eigenvalue weighted by Gasteiger charge is 2.13. The van der Waals surface area contributed by atoms with Crippen LogP contribution in [-0.2, 0) is 17.9 Å². The number of rotatable bonds is 8. The third-order valence-corrected chi connectivity index (χ3v) is 6.28. The van der Waals surface area contributed by atoms with Crippen LogP contribution in [0, 0.1) is 0 Å². The highest BCUT2D eigenvalue weighted by molar-refractivity contribution is 9.10. The number of thioether (sulfide) groups is 1. The molecular weight excluding hydrogens is 510 g/mol. The van der Waals surface area contributed by atoms with Crippen molar-refractivity contribution in [2.24, 2.45) is 0 Å². The molecule has 0 saturated carbocycles. The molecule has 1 amide bonds. The number of benzene rings is 2. The average molecular weight is 531 g/mol. The van der Waals surface area contributed by atoms with E-state index in [1.165, 1.54) is 11.8 Å². The number of nitrogens with one attached hydrogen (secondary N) is 2. The van der Waals surface area contributed by atoms with Crippen molar-refractivity contribution >= 4 is 56.7 Å². The molecule has 0 saturated heterocycles. The number of carbonyl (C=O) groups is 1. The zero-order valence-corrected chi connectivity index (χ0v) is 20.5.